The van der Waals surface area contributed by atoms with Gasteiger partial charge < -0.3 is 9.15 Å². The molecule has 0 atom stereocenters. The number of nitrogens with zero attached hydrogens (tertiary/aromatic N) is 4. The molecule has 0 amide bonds. The summed E-state index contributed by atoms with van der Waals surface area (Å²) in [5.41, 5.74) is 3.24. The zero-order chi connectivity index (χ0) is 25.7. The lowest BCUT2D eigenvalue weighted by atomic mass is 10.1. The van der Waals surface area contributed by atoms with Crippen LogP contribution in [0.25, 0.3) is 22.5 Å². The number of hydrogen-bond acceptors (Lipinski definition) is 7. The van der Waals surface area contributed by atoms with Gasteiger partial charge in [0.1, 0.15) is 17.1 Å². The van der Waals surface area contributed by atoms with Gasteiger partial charge in [0.25, 0.3) is 5.56 Å². The SMILES string of the molecule is CCOC(=O)c1cc(C2CC2)nc2c1c(=O)n(Cc1nc(-c3cc(C)ccc3C)oc1C)c(=O)n2C. The number of hydrogen-bond donors (Lipinski definition) is 0. The number of pyridine rings is 1. The van der Waals surface area contributed by atoms with Crippen LogP contribution < -0.4 is 11.2 Å². The second-order valence-electron chi connectivity index (χ2n) is 9.36. The lowest BCUT2D eigenvalue weighted by Crippen LogP contribution is -2.40. The highest BCUT2D eigenvalue weighted by Gasteiger charge is 2.29. The van der Waals surface area contributed by atoms with Crippen molar-refractivity contribution in [2.45, 2.75) is 53.0 Å². The maximum Gasteiger partial charge on any atom is 0.339 e. The normalized spacial score (nSPS) is 13.4. The van der Waals surface area contributed by atoms with Crippen LogP contribution in [0, 0.1) is 20.8 Å². The van der Waals surface area contributed by atoms with Crippen molar-refractivity contribution in [1.29, 1.82) is 0 Å². The number of aromatic nitrogens is 4. The van der Waals surface area contributed by atoms with E-state index in [1.165, 1.54) is 4.57 Å². The van der Waals surface area contributed by atoms with Gasteiger partial charge in [0, 0.05) is 24.2 Å². The number of aryl methyl sites for hydroxylation is 4. The quantitative estimate of drug-likeness (QED) is 0.380. The van der Waals surface area contributed by atoms with E-state index in [-0.39, 0.29) is 35.7 Å². The summed E-state index contributed by atoms with van der Waals surface area (Å²) in [5, 5.41) is 0.0656. The van der Waals surface area contributed by atoms with Gasteiger partial charge in [-0.25, -0.2) is 19.6 Å². The first-order valence-electron chi connectivity index (χ1n) is 12.0. The van der Waals surface area contributed by atoms with E-state index in [0.717, 1.165) is 34.1 Å². The number of carbonyl (C=O) groups excluding carboxylic acids is 1. The Morgan fingerprint density at radius 1 is 1.14 bits per heavy atom. The van der Waals surface area contributed by atoms with Crippen molar-refractivity contribution in [3.05, 3.63) is 78.9 Å². The van der Waals surface area contributed by atoms with Gasteiger partial charge in [0.2, 0.25) is 5.89 Å². The number of rotatable bonds is 6. The molecule has 0 spiro atoms. The molecule has 0 aliphatic heterocycles. The van der Waals surface area contributed by atoms with E-state index >= 15 is 0 Å². The number of esters is 1. The highest BCUT2D eigenvalue weighted by Crippen LogP contribution is 2.40. The summed E-state index contributed by atoms with van der Waals surface area (Å²) in [4.78, 5) is 49.0. The van der Waals surface area contributed by atoms with Crippen LogP contribution in [0.4, 0.5) is 0 Å². The summed E-state index contributed by atoms with van der Waals surface area (Å²) in [6.45, 7) is 7.48. The average Bonchev–Trinajstić information content (AvgIpc) is 3.64. The predicted octanol–water partition coefficient (Wildman–Crippen LogP) is 3.78. The van der Waals surface area contributed by atoms with E-state index in [1.807, 2.05) is 32.0 Å². The fourth-order valence-corrected chi connectivity index (χ4v) is 4.40. The van der Waals surface area contributed by atoms with Crippen molar-refractivity contribution in [2.24, 2.45) is 7.05 Å². The molecule has 1 aliphatic carbocycles. The molecule has 9 heteroatoms. The van der Waals surface area contributed by atoms with E-state index in [4.69, 9.17) is 9.15 Å². The molecule has 0 radical (unpaired) electrons. The molecule has 5 rings (SSSR count). The number of fused-ring (bicyclic) bond motifs is 1. The zero-order valence-corrected chi connectivity index (χ0v) is 21.0. The maximum atomic E-state index is 13.7. The van der Waals surface area contributed by atoms with Crippen LogP contribution in [0.2, 0.25) is 0 Å². The molecule has 3 heterocycles. The lowest BCUT2D eigenvalue weighted by molar-refractivity contribution is 0.0528. The number of ether oxygens (including phenoxy) is 1. The fraction of sp³-hybridized carbons (Fsp3) is 0.370. The minimum Gasteiger partial charge on any atom is -0.462 e. The van der Waals surface area contributed by atoms with Crippen molar-refractivity contribution in [1.82, 2.24) is 19.1 Å². The molecule has 3 aromatic heterocycles. The summed E-state index contributed by atoms with van der Waals surface area (Å²) < 4.78 is 13.5. The molecule has 1 aromatic carbocycles. The molecule has 9 nitrogen and oxygen atoms in total. The van der Waals surface area contributed by atoms with Crippen molar-refractivity contribution in [3.63, 3.8) is 0 Å². The molecule has 0 bridgehead atoms. The summed E-state index contributed by atoms with van der Waals surface area (Å²) in [5.74, 6) is 0.551. The zero-order valence-electron chi connectivity index (χ0n) is 21.0. The Bertz CT molecular complexity index is 1640. The molecule has 4 aromatic rings. The van der Waals surface area contributed by atoms with Crippen molar-refractivity contribution >= 4 is 17.0 Å². The first-order valence-corrected chi connectivity index (χ1v) is 12.0. The minimum absolute atomic E-state index is 0.0656. The molecule has 1 saturated carbocycles. The van der Waals surface area contributed by atoms with Crippen LogP contribution in [0.3, 0.4) is 0 Å². The third kappa shape index (κ3) is 4.04. The third-order valence-corrected chi connectivity index (χ3v) is 6.63. The van der Waals surface area contributed by atoms with E-state index in [1.54, 1.807) is 27.0 Å². The van der Waals surface area contributed by atoms with Crippen LogP contribution in [-0.2, 0) is 18.3 Å². The molecule has 1 fully saturated rings. The smallest absolute Gasteiger partial charge is 0.339 e. The predicted molar refractivity (Wildman–Crippen MR) is 134 cm³/mol. The van der Waals surface area contributed by atoms with Gasteiger partial charge in [-0.3, -0.25) is 13.9 Å². The highest BCUT2D eigenvalue weighted by atomic mass is 16.5. The summed E-state index contributed by atoms with van der Waals surface area (Å²) >= 11 is 0. The standard InChI is InChI=1S/C27H28N4O5/c1-6-35-26(33)19-12-20(17-9-10-17)28-23-22(19)25(32)31(27(34)30(23)5)13-21-16(4)36-24(29-21)18-11-14(2)7-8-15(18)3/h7-8,11-12,17H,6,9-10,13H2,1-5H3. The highest BCUT2D eigenvalue weighted by molar-refractivity contribution is 6.02. The second kappa shape index (κ2) is 8.89. The van der Waals surface area contributed by atoms with E-state index in [0.29, 0.717) is 23.0 Å². The van der Waals surface area contributed by atoms with Gasteiger partial charge in [0.15, 0.2) is 0 Å². The Labute approximate surface area is 207 Å². The van der Waals surface area contributed by atoms with Gasteiger partial charge in [-0.1, -0.05) is 17.7 Å². The molecule has 0 N–H and O–H groups in total. The van der Waals surface area contributed by atoms with E-state index < -0.39 is 17.2 Å². The molecule has 0 saturated heterocycles. The van der Waals surface area contributed by atoms with Gasteiger partial charge in [-0.05, 0) is 58.2 Å². The minimum atomic E-state index is -0.610. The monoisotopic (exact) mass is 488 g/mol. The Hall–Kier alpha value is -4.01. The topological polar surface area (TPSA) is 109 Å². The Balaban J connectivity index is 1.66. The third-order valence-electron chi connectivity index (χ3n) is 6.63. The largest absolute Gasteiger partial charge is 0.462 e. The first-order chi connectivity index (χ1) is 17.2. The van der Waals surface area contributed by atoms with Gasteiger partial charge >= 0.3 is 11.7 Å². The molecule has 0 unspecified atom stereocenters. The fourth-order valence-electron chi connectivity index (χ4n) is 4.40. The van der Waals surface area contributed by atoms with Crippen LogP contribution in [0.15, 0.2) is 38.3 Å². The van der Waals surface area contributed by atoms with Gasteiger partial charge in [-0.15, -0.1) is 0 Å². The average molecular weight is 489 g/mol. The number of carbonyl (C=O) groups is 1. The molecular formula is C27H28N4O5. The molecule has 36 heavy (non-hydrogen) atoms. The Kier molecular flexibility index (Phi) is 5.86. The number of oxazole rings is 1. The lowest BCUT2D eigenvalue weighted by Gasteiger charge is -2.13. The summed E-state index contributed by atoms with van der Waals surface area (Å²) in [7, 11) is 1.55. The van der Waals surface area contributed by atoms with Crippen LogP contribution >= 0.6 is 0 Å². The summed E-state index contributed by atoms with van der Waals surface area (Å²) in [6.07, 6.45) is 1.92. The van der Waals surface area contributed by atoms with Gasteiger partial charge in [0.05, 0.1) is 24.1 Å². The molecule has 186 valence electrons. The van der Waals surface area contributed by atoms with Crippen molar-refractivity contribution in [3.8, 4) is 11.5 Å². The molecule has 1 aliphatic rings. The van der Waals surface area contributed by atoms with Crippen LogP contribution in [-0.4, -0.2) is 31.7 Å². The maximum absolute atomic E-state index is 13.7. The van der Waals surface area contributed by atoms with Crippen molar-refractivity contribution < 1.29 is 13.9 Å². The van der Waals surface area contributed by atoms with Gasteiger partial charge in [-0.2, -0.15) is 0 Å². The number of benzene rings is 1. The van der Waals surface area contributed by atoms with Crippen molar-refractivity contribution in [2.75, 3.05) is 6.61 Å². The molecular weight excluding hydrogens is 460 g/mol. The van der Waals surface area contributed by atoms with E-state index in [2.05, 4.69) is 9.97 Å². The van der Waals surface area contributed by atoms with E-state index in [9.17, 15) is 14.4 Å². The Morgan fingerprint density at radius 2 is 1.89 bits per heavy atom. The van der Waals surface area contributed by atoms with Crippen LogP contribution in [0.5, 0.6) is 0 Å². The second-order valence-corrected chi connectivity index (χ2v) is 9.36. The Morgan fingerprint density at radius 3 is 2.58 bits per heavy atom. The first kappa shape index (κ1) is 23.7. The van der Waals surface area contributed by atoms with Crippen LogP contribution in [0.1, 0.15) is 64.3 Å². The summed E-state index contributed by atoms with van der Waals surface area (Å²) in [6, 6.07) is 7.62.